The van der Waals surface area contributed by atoms with Gasteiger partial charge < -0.3 is 10.7 Å². The second-order valence-corrected chi connectivity index (χ2v) is 5.43. The van der Waals surface area contributed by atoms with Crippen LogP contribution in [-0.4, -0.2) is 11.4 Å². The largest absolute Gasteiger partial charge is 0.347 e. The molecule has 0 radical (unpaired) electrons. The second-order valence-electron chi connectivity index (χ2n) is 5.43. The van der Waals surface area contributed by atoms with Crippen LogP contribution in [0.2, 0.25) is 0 Å². The lowest BCUT2D eigenvalue weighted by Crippen LogP contribution is -2.41. The van der Waals surface area contributed by atoms with Gasteiger partial charge in [-0.05, 0) is 44.9 Å². The first-order chi connectivity index (χ1) is 8.39. The second kappa shape index (κ2) is 5.87. The Hall–Kier alpha value is -1.55. The number of nitrogen functional groups attached to an aromatic ring is 1. The van der Waals surface area contributed by atoms with Crippen molar-refractivity contribution in [3.63, 3.8) is 0 Å². The number of benzene rings is 1. The number of nitrogens with one attached hydrogen (secondary N) is 2. The summed E-state index contributed by atoms with van der Waals surface area (Å²) in [4.78, 5) is 12.2. The van der Waals surface area contributed by atoms with Crippen molar-refractivity contribution in [3.8, 4) is 0 Å². The van der Waals surface area contributed by atoms with Crippen molar-refractivity contribution in [2.24, 2.45) is 5.84 Å². The van der Waals surface area contributed by atoms with Crippen LogP contribution < -0.4 is 16.6 Å². The first kappa shape index (κ1) is 14.5. The fourth-order valence-electron chi connectivity index (χ4n) is 1.86. The van der Waals surface area contributed by atoms with Crippen LogP contribution >= 0.6 is 0 Å². The Bertz CT molecular complexity index is 422. The van der Waals surface area contributed by atoms with E-state index in [1.165, 1.54) is 0 Å². The van der Waals surface area contributed by atoms with E-state index in [1.807, 2.05) is 39.0 Å². The zero-order chi connectivity index (χ0) is 13.8. The summed E-state index contributed by atoms with van der Waals surface area (Å²) < 4.78 is 0. The molecule has 4 N–H and O–H groups in total. The molecular weight excluding hydrogens is 226 g/mol. The Morgan fingerprint density at radius 1 is 1.33 bits per heavy atom. The number of hydrogen-bond acceptors (Lipinski definition) is 3. The van der Waals surface area contributed by atoms with Crippen molar-refractivity contribution in [2.45, 2.75) is 46.1 Å². The minimum atomic E-state index is -0.243. The van der Waals surface area contributed by atoms with Crippen molar-refractivity contribution in [3.05, 3.63) is 29.3 Å². The third kappa shape index (κ3) is 3.74. The average Bonchev–Trinajstić information content (AvgIpc) is 2.27. The summed E-state index contributed by atoms with van der Waals surface area (Å²) in [6.45, 7) is 7.99. The van der Waals surface area contributed by atoms with Gasteiger partial charge in [-0.3, -0.25) is 10.6 Å². The molecule has 0 aliphatic carbocycles. The van der Waals surface area contributed by atoms with Crippen LogP contribution in [0, 0.1) is 0 Å². The lowest BCUT2D eigenvalue weighted by atomic mass is 9.99. The third-order valence-electron chi connectivity index (χ3n) is 2.56. The summed E-state index contributed by atoms with van der Waals surface area (Å²) in [6.07, 6.45) is 1.79. The van der Waals surface area contributed by atoms with Crippen LogP contribution in [0.25, 0.3) is 0 Å². The van der Waals surface area contributed by atoms with Gasteiger partial charge in [0.05, 0.1) is 5.69 Å². The summed E-state index contributed by atoms with van der Waals surface area (Å²) in [7, 11) is 0. The third-order valence-corrected chi connectivity index (χ3v) is 2.56. The maximum absolute atomic E-state index is 12.2. The number of amides is 1. The quantitative estimate of drug-likeness (QED) is 0.567. The van der Waals surface area contributed by atoms with Gasteiger partial charge >= 0.3 is 0 Å². The van der Waals surface area contributed by atoms with Crippen molar-refractivity contribution in [1.82, 2.24) is 5.32 Å². The maximum atomic E-state index is 12.2. The lowest BCUT2D eigenvalue weighted by Gasteiger charge is -2.22. The molecule has 1 aromatic carbocycles. The highest BCUT2D eigenvalue weighted by molar-refractivity contribution is 5.97. The Morgan fingerprint density at radius 2 is 2.00 bits per heavy atom. The van der Waals surface area contributed by atoms with E-state index < -0.39 is 0 Å². The van der Waals surface area contributed by atoms with Gasteiger partial charge in [0.15, 0.2) is 0 Å². The molecule has 1 aromatic rings. The molecule has 0 aliphatic heterocycles. The Balaban J connectivity index is 3.11. The summed E-state index contributed by atoms with van der Waals surface area (Å²) in [5, 5.41) is 2.98. The van der Waals surface area contributed by atoms with E-state index in [2.05, 4.69) is 17.7 Å². The summed E-state index contributed by atoms with van der Waals surface area (Å²) in [5.41, 5.74) is 4.91. The number of hydrogen-bond donors (Lipinski definition) is 3. The van der Waals surface area contributed by atoms with Crippen LogP contribution in [-0.2, 0) is 6.42 Å². The molecule has 18 heavy (non-hydrogen) atoms. The normalized spacial score (nSPS) is 11.2. The van der Waals surface area contributed by atoms with Crippen molar-refractivity contribution >= 4 is 11.6 Å². The monoisotopic (exact) mass is 249 g/mol. The predicted octanol–water partition coefficient (Wildman–Crippen LogP) is 2.45. The highest BCUT2D eigenvalue weighted by Gasteiger charge is 2.18. The Labute approximate surface area is 109 Å². The summed E-state index contributed by atoms with van der Waals surface area (Å²) >= 11 is 0. The van der Waals surface area contributed by atoms with Gasteiger partial charge in [-0.1, -0.05) is 19.4 Å². The molecule has 1 amide bonds. The van der Waals surface area contributed by atoms with Crippen LogP contribution in [0.4, 0.5) is 5.69 Å². The fraction of sp³-hybridized carbons (Fsp3) is 0.500. The molecule has 0 heterocycles. The molecule has 0 spiro atoms. The smallest absolute Gasteiger partial charge is 0.252 e. The first-order valence-corrected chi connectivity index (χ1v) is 6.30. The van der Waals surface area contributed by atoms with Gasteiger partial charge in [-0.2, -0.15) is 0 Å². The molecule has 4 nitrogen and oxygen atoms in total. The molecular formula is C14H23N3O. The van der Waals surface area contributed by atoms with Crippen LogP contribution in [0.5, 0.6) is 0 Å². The number of rotatable bonds is 4. The van der Waals surface area contributed by atoms with Crippen molar-refractivity contribution in [2.75, 3.05) is 5.43 Å². The van der Waals surface area contributed by atoms with E-state index in [9.17, 15) is 4.79 Å². The van der Waals surface area contributed by atoms with Crippen molar-refractivity contribution in [1.29, 1.82) is 0 Å². The van der Waals surface area contributed by atoms with Gasteiger partial charge in [0.25, 0.3) is 5.91 Å². The topological polar surface area (TPSA) is 67.1 Å². The molecule has 0 bridgehead atoms. The van der Waals surface area contributed by atoms with E-state index in [4.69, 9.17) is 5.84 Å². The van der Waals surface area contributed by atoms with Gasteiger partial charge in [-0.25, -0.2) is 0 Å². The molecule has 0 unspecified atom stereocenters. The Kier molecular flexibility index (Phi) is 4.73. The van der Waals surface area contributed by atoms with Gasteiger partial charge in [0, 0.05) is 11.1 Å². The molecule has 0 atom stereocenters. The Morgan fingerprint density at radius 3 is 2.50 bits per heavy atom. The minimum Gasteiger partial charge on any atom is -0.347 e. The first-order valence-electron chi connectivity index (χ1n) is 6.30. The van der Waals surface area contributed by atoms with E-state index >= 15 is 0 Å². The van der Waals surface area contributed by atoms with Gasteiger partial charge in [0.1, 0.15) is 0 Å². The van der Waals surface area contributed by atoms with E-state index in [0.717, 1.165) is 24.1 Å². The van der Waals surface area contributed by atoms with Crippen LogP contribution in [0.1, 0.15) is 50.0 Å². The highest BCUT2D eigenvalue weighted by atomic mass is 16.1. The van der Waals surface area contributed by atoms with Crippen molar-refractivity contribution < 1.29 is 4.79 Å². The van der Waals surface area contributed by atoms with E-state index in [-0.39, 0.29) is 11.4 Å². The summed E-state index contributed by atoms with van der Waals surface area (Å²) in [5.74, 6) is 5.44. The molecule has 0 saturated heterocycles. The zero-order valence-corrected chi connectivity index (χ0v) is 11.6. The molecule has 0 aromatic heterocycles. The number of anilines is 1. The van der Waals surface area contributed by atoms with Crippen LogP contribution in [0.3, 0.4) is 0 Å². The van der Waals surface area contributed by atoms with Gasteiger partial charge in [-0.15, -0.1) is 0 Å². The molecule has 1 rings (SSSR count). The standard InChI is InChI=1S/C14H23N3O/c1-5-7-10-11(8-6-9-12(10)17-15)13(18)16-14(2,3)4/h6,8-9,17H,5,7,15H2,1-4H3,(H,16,18). The number of hydrazine groups is 1. The molecule has 100 valence electrons. The number of carbonyl (C=O) groups is 1. The maximum Gasteiger partial charge on any atom is 0.252 e. The van der Waals surface area contributed by atoms with E-state index in [0.29, 0.717) is 5.56 Å². The summed E-state index contributed by atoms with van der Waals surface area (Å²) in [6, 6.07) is 5.57. The minimum absolute atomic E-state index is 0.0527. The SMILES string of the molecule is CCCc1c(NN)cccc1C(=O)NC(C)(C)C. The molecule has 0 aliphatic rings. The average molecular weight is 249 g/mol. The molecule has 4 heteroatoms. The highest BCUT2D eigenvalue weighted by Crippen LogP contribution is 2.21. The zero-order valence-electron chi connectivity index (χ0n) is 11.6. The fourth-order valence-corrected chi connectivity index (χ4v) is 1.86. The van der Waals surface area contributed by atoms with Gasteiger partial charge in [0.2, 0.25) is 0 Å². The van der Waals surface area contributed by atoms with Crippen LogP contribution in [0.15, 0.2) is 18.2 Å². The molecule has 0 fully saturated rings. The number of nitrogens with two attached hydrogens (primary N) is 1. The lowest BCUT2D eigenvalue weighted by molar-refractivity contribution is 0.0918. The predicted molar refractivity (Wildman–Crippen MR) is 75.5 cm³/mol. The number of carbonyl (C=O) groups excluding carboxylic acids is 1. The molecule has 0 saturated carbocycles. The van der Waals surface area contributed by atoms with E-state index in [1.54, 1.807) is 0 Å².